The summed E-state index contributed by atoms with van der Waals surface area (Å²) in [4.78, 5) is 2.47. The standard InChI is InChI=1S/C21H30N2O/c1-16(2)15-22(3)13-11-21-10-6-12-23-19-8-5-4-7-17(19)18(20(21)23)9-14-24-21/h4-5,7-8,16H,6,9-15H2,1-3H3. The molecule has 0 aliphatic carbocycles. The molecule has 2 aromatic rings. The van der Waals surface area contributed by atoms with Gasteiger partial charge in [-0.3, -0.25) is 0 Å². The van der Waals surface area contributed by atoms with E-state index < -0.39 is 0 Å². The number of para-hydroxylation sites is 1. The van der Waals surface area contributed by atoms with Crippen molar-refractivity contribution in [3.8, 4) is 0 Å². The lowest BCUT2D eigenvalue weighted by molar-refractivity contribution is -0.0901. The zero-order valence-electron chi connectivity index (χ0n) is 15.3. The Morgan fingerprint density at radius 2 is 2.12 bits per heavy atom. The Kier molecular flexibility index (Phi) is 4.17. The predicted molar refractivity (Wildman–Crippen MR) is 99.5 cm³/mol. The minimum absolute atomic E-state index is 0.0594. The monoisotopic (exact) mass is 326 g/mol. The Labute approximate surface area is 145 Å². The molecule has 0 amide bonds. The zero-order valence-corrected chi connectivity index (χ0v) is 15.3. The largest absolute Gasteiger partial charge is 0.368 e. The average molecular weight is 326 g/mol. The van der Waals surface area contributed by atoms with Crippen LogP contribution in [0.4, 0.5) is 0 Å². The number of benzene rings is 1. The van der Waals surface area contributed by atoms with Gasteiger partial charge in [0, 0.05) is 30.5 Å². The van der Waals surface area contributed by atoms with Gasteiger partial charge in [0.1, 0.15) is 5.60 Å². The maximum absolute atomic E-state index is 6.51. The first-order valence-corrected chi connectivity index (χ1v) is 9.54. The van der Waals surface area contributed by atoms with Gasteiger partial charge in [0.15, 0.2) is 0 Å². The number of nitrogens with zero attached hydrogens (tertiary/aromatic N) is 2. The number of aryl methyl sites for hydroxylation is 1. The van der Waals surface area contributed by atoms with Crippen LogP contribution in [0.1, 0.15) is 44.4 Å². The Morgan fingerprint density at radius 3 is 2.96 bits per heavy atom. The molecular formula is C21H30N2O. The number of fused-ring (bicyclic) bond motifs is 3. The molecular weight excluding hydrogens is 296 g/mol. The molecule has 0 spiro atoms. The maximum atomic E-state index is 6.51. The second-order valence-electron chi connectivity index (χ2n) is 8.10. The normalized spacial score (nSPS) is 23.2. The van der Waals surface area contributed by atoms with Crippen molar-refractivity contribution < 1.29 is 4.74 Å². The molecule has 2 aliphatic heterocycles. The minimum atomic E-state index is -0.0594. The molecule has 1 aromatic heterocycles. The summed E-state index contributed by atoms with van der Waals surface area (Å²) in [5.41, 5.74) is 4.41. The van der Waals surface area contributed by atoms with E-state index in [0.717, 1.165) is 39.1 Å². The summed E-state index contributed by atoms with van der Waals surface area (Å²) in [6, 6.07) is 8.94. The molecule has 2 aliphatic rings. The van der Waals surface area contributed by atoms with Crippen LogP contribution in [0.3, 0.4) is 0 Å². The highest BCUT2D eigenvalue weighted by Crippen LogP contribution is 2.46. The van der Waals surface area contributed by atoms with Crippen molar-refractivity contribution in [3.05, 3.63) is 35.5 Å². The highest BCUT2D eigenvalue weighted by atomic mass is 16.5. The number of hydrogen-bond acceptors (Lipinski definition) is 2. The van der Waals surface area contributed by atoms with Crippen LogP contribution in [0, 0.1) is 5.92 Å². The first-order chi connectivity index (χ1) is 11.6. The van der Waals surface area contributed by atoms with Gasteiger partial charge in [-0.25, -0.2) is 0 Å². The van der Waals surface area contributed by atoms with Crippen LogP contribution in [-0.4, -0.2) is 36.2 Å². The number of ether oxygens (including phenoxy) is 1. The highest BCUT2D eigenvalue weighted by molar-refractivity contribution is 5.86. The molecule has 130 valence electrons. The average Bonchev–Trinajstić information content (AvgIpc) is 2.90. The quantitative estimate of drug-likeness (QED) is 0.820. The highest BCUT2D eigenvalue weighted by Gasteiger charge is 2.43. The van der Waals surface area contributed by atoms with Gasteiger partial charge in [0.25, 0.3) is 0 Å². The number of hydrogen-bond donors (Lipinski definition) is 0. The van der Waals surface area contributed by atoms with Crippen molar-refractivity contribution in [1.82, 2.24) is 9.47 Å². The first-order valence-electron chi connectivity index (χ1n) is 9.54. The van der Waals surface area contributed by atoms with Crippen molar-refractivity contribution >= 4 is 10.9 Å². The van der Waals surface area contributed by atoms with Gasteiger partial charge >= 0.3 is 0 Å². The third-order valence-electron chi connectivity index (χ3n) is 5.77. The van der Waals surface area contributed by atoms with Crippen LogP contribution in [0.5, 0.6) is 0 Å². The Morgan fingerprint density at radius 1 is 1.29 bits per heavy atom. The molecule has 1 aromatic carbocycles. The third-order valence-corrected chi connectivity index (χ3v) is 5.77. The molecule has 3 heterocycles. The molecule has 1 unspecified atom stereocenters. The van der Waals surface area contributed by atoms with E-state index in [2.05, 4.69) is 54.6 Å². The van der Waals surface area contributed by atoms with Crippen LogP contribution in [0.2, 0.25) is 0 Å². The van der Waals surface area contributed by atoms with E-state index in [0.29, 0.717) is 5.92 Å². The second-order valence-corrected chi connectivity index (χ2v) is 8.10. The van der Waals surface area contributed by atoms with Crippen LogP contribution in [0.25, 0.3) is 10.9 Å². The number of aromatic nitrogens is 1. The van der Waals surface area contributed by atoms with Crippen molar-refractivity contribution in [2.45, 2.75) is 51.7 Å². The third kappa shape index (κ3) is 2.58. The Bertz CT molecular complexity index is 684. The van der Waals surface area contributed by atoms with Crippen LogP contribution >= 0.6 is 0 Å². The van der Waals surface area contributed by atoms with Crippen LogP contribution in [-0.2, 0) is 23.3 Å². The lowest BCUT2D eigenvalue weighted by Gasteiger charge is -2.43. The van der Waals surface area contributed by atoms with Crippen molar-refractivity contribution in [2.75, 3.05) is 26.7 Å². The van der Waals surface area contributed by atoms with E-state index in [-0.39, 0.29) is 5.60 Å². The fraction of sp³-hybridized carbons (Fsp3) is 0.619. The van der Waals surface area contributed by atoms with Gasteiger partial charge in [-0.2, -0.15) is 0 Å². The van der Waals surface area contributed by atoms with Gasteiger partial charge in [0.05, 0.1) is 12.3 Å². The van der Waals surface area contributed by atoms with Crippen molar-refractivity contribution in [1.29, 1.82) is 0 Å². The first kappa shape index (κ1) is 16.2. The van der Waals surface area contributed by atoms with Crippen molar-refractivity contribution in [2.24, 2.45) is 5.92 Å². The zero-order chi connectivity index (χ0) is 16.7. The number of rotatable bonds is 5. The van der Waals surface area contributed by atoms with E-state index in [1.165, 1.54) is 29.4 Å². The summed E-state index contributed by atoms with van der Waals surface area (Å²) in [5.74, 6) is 0.716. The molecule has 24 heavy (non-hydrogen) atoms. The minimum Gasteiger partial charge on any atom is -0.368 e. The van der Waals surface area contributed by atoms with Crippen LogP contribution < -0.4 is 0 Å². The topological polar surface area (TPSA) is 17.4 Å². The fourth-order valence-corrected chi connectivity index (χ4v) is 4.91. The molecule has 0 saturated heterocycles. The molecule has 3 nitrogen and oxygen atoms in total. The van der Waals surface area contributed by atoms with Gasteiger partial charge in [-0.05, 0) is 50.3 Å². The summed E-state index contributed by atoms with van der Waals surface area (Å²) in [7, 11) is 2.25. The summed E-state index contributed by atoms with van der Waals surface area (Å²) in [5, 5.41) is 1.46. The maximum Gasteiger partial charge on any atom is 0.110 e. The lowest BCUT2D eigenvalue weighted by Crippen LogP contribution is -2.43. The molecule has 0 saturated carbocycles. The van der Waals surface area contributed by atoms with E-state index in [1.807, 2.05) is 0 Å². The molecule has 3 heteroatoms. The van der Waals surface area contributed by atoms with E-state index in [1.54, 1.807) is 5.56 Å². The summed E-state index contributed by atoms with van der Waals surface area (Å²) < 4.78 is 9.08. The summed E-state index contributed by atoms with van der Waals surface area (Å²) in [6.45, 7) is 8.87. The Balaban J connectivity index is 1.71. The summed E-state index contributed by atoms with van der Waals surface area (Å²) in [6.07, 6.45) is 4.57. The van der Waals surface area contributed by atoms with E-state index in [4.69, 9.17) is 4.74 Å². The smallest absolute Gasteiger partial charge is 0.110 e. The van der Waals surface area contributed by atoms with Gasteiger partial charge < -0.3 is 14.2 Å². The van der Waals surface area contributed by atoms with Gasteiger partial charge in [-0.15, -0.1) is 0 Å². The predicted octanol–water partition coefficient (Wildman–Crippen LogP) is 4.18. The Hall–Kier alpha value is -1.32. The lowest BCUT2D eigenvalue weighted by atomic mass is 9.82. The molecule has 1 atom stereocenters. The van der Waals surface area contributed by atoms with Gasteiger partial charge in [-0.1, -0.05) is 32.0 Å². The van der Waals surface area contributed by atoms with Crippen molar-refractivity contribution in [3.63, 3.8) is 0 Å². The molecule has 0 N–H and O–H groups in total. The second kappa shape index (κ2) is 6.20. The molecule has 4 rings (SSSR count). The van der Waals surface area contributed by atoms with Gasteiger partial charge in [0.2, 0.25) is 0 Å². The fourth-order valence-electron chi connectivity index (χ4n) is 4.91. The summed E-state index contributed by atoms with van der Waals surface area (Å²) >= 11 is 0. The molecule has 0 bridgehead atoms. The molecule has 0 radical (unpaired) electrons. The van der Waals surface area contributed by atoms with E-state index >= 15 is 0 Å². The molecule has 0 fully saturated rings. The van der Waals surface area contributed by atoms with E-state index in [9.17, 15) is 0 Å². The van der Waals surface area contributed by atoms with Crippen LogP contribution in [0.15, 0.2) is 24.3 Å². The SMILES string of the molecule is CC(C)CN(C)CCC12CCCn3c1c(c1ccccc13)CCO2.